The van der Waals surface area contributed by atoms with E-state index in [9.17, 15) is 4.79 Å². The molecule has 1 aliphatic heterocycles. The summed E-state index contributed by atoms with van der Waals surface area (Å²) in [5.41, 5.74) is 1.99. The summed E-state index contributed by atoms with van der Waals surface area (Å²) in [5.74, 6) is 0.794. The first-order valence-corrected chi connectivity index (χ1v) is 9.00. The summed E-state index contributed by atoms with van der Waals surface area (Å²) in [6, 6.07) is 11.7. The van der Waals surface area contributed by atoms with Crippen LogP contribution >= 0.6 is 15.9 Å². The molecule has 25 heavy (non-hydrogen) atoms. The lowest BCUT2D eigenvalue weighted by atomic mass is 10.2. The third-order valence-corrected chi connectivity index (χ3v) is 4.46. The fourth-order valence-electron chi connectivity index (χ4n) is 2.62. The van der Waals surface area contributed by atoms with Crippen LogP contribution in [0, 0.1) is 0 Å². The zero-order chi connectivity index (χ0) is 17.5. The van der Waals surface area contributed by atoms with Gasteiger partial charge in [0.25, 0.3) is 0 Å². The summed E-state index contributed by atoms with van der Waals surface area (Å²) in [4.78, 5) is 18.8. The summed E-state index contributed by atoms with van der Waals surface area (Å²) in [6.07, 6.45) is 5.13. The highest BCUT2D eigenvalue weighted by Crippen LogP contribution is 2.18. The van der Waals surface area contributed by atoms with Gasteiger partial charge in [-0.3, -0.25) is 4.79 Å². The molecule has 0 unspecified atom stereocenters. The van der Waals surface area contributed by atoms with E-state index in [2.05, 4.69) is 31.1 Å². The second kappa shape index (κ2) is 8.78. The number of hydrogen-bond donors (Lipinski definition) is 1. The van der Waals surface area contributed by atoms with Crippen molar-refractivity contribution >= 4 is 33.7 Å². The number of carbonyl (C=O) groups is 1. The molecule has 0 radical (unpaired) electrons. The number of rotatable bonds is 5. The van der Waals surface area contributed by atoms with E-state index >= 15 is 0 Å². The van der Waals surface area contributed by atoms with Gasteiger partial charge >= 0.3 is 0 Å². The van der Waals surface area contributed by atoms with Gasteiger partial charge < -0.3 is 15.0 Å². The van der Waals surface area contributed by atoms with Crippen molar-refractivity contribution in [3.8, 4) is 0 Å². The smallest absolute Gasteiger partial charge is 0.244 e. The molecule has 5 nitrogen and oxygen atoms in total. The summed E-state index contributed by atoms with van der Waals surface area (Å²) < 4.78 is 6.40. The van der Waals surface area contributed by atoms with Crippen LogP contribution < -0.4 is 10.2 Å². The molecular formula is C19H20BrN3O2. The molecule has 0 aliphatic carbocycles. The van der Waals surface area contributed by atoms with Crippen molar-refractivity contribution in [1.82, 2.24) is 10.3 Å². The first-order valence-electron chi connectivity index (χ1n) is 8.20. The minimum atomic E-state index is -0.125. The predicted octanol–water partition coefficient (Wildman–Crippen LogP) is 3.01. The van der Waals surface area contributed by atoms with Crippen molar-refractivity contribution in [2.24, 2.45) is 0 Å². The van der Waals surface area contributed by atoms with E-state index in [-0.39, 0.29) is 5.91 Å². The number of halogens is 1. The van der Waals surface area contributed by atoms with Crippen LogP contribution in [0.25, 0.3) is 6.08 Å². The average molecular weight is 402 g/mol. The Bertz CT molecular complexity index is 741. The molecule has 3 rings (SSSR count). The molecule has 1 fully saturated rings. The highest BCUT2D eigenvalue weighted by atomic mass is 79.9. The van der Waals surface area contributed by atoms with Gasteiger partial charge in [0.15, 0.2) is 0 Å². The lowest BCUT2D eigenvalue weighted by Crippen LogP contribution is -2.37. The zero-order valence-corrected chi connectivity index (χ0v) is 15.4. The number of carbonyl (C=O) groups excluding carboxylic acids is 1. The molecule has 0 atom stereocenters. The molecule has 1 aromatic heterocycles. The summed E-state index contributed by atoms with van der Waals surface area (Å²) in [5, 5.41) is 2.93. The topological polar surface area (TPSA) is 54.5 Å². The Hall–Kier alpha value is -2.18. The van der Waals surface area contributed by atoms with Crippen molar-refractivity contribution in [3.63, 3.8) is 0 Å². The van der Waals surface area contributed by atoms with Gasteiger partial charge in [0, 0.05) is 41.9 Å². The van der Waals surface area contributed by atoms with Crippen LogP contribution in [0.2, 0.25) is 0 Å². The lowest BCUT2D eigenvalue weighted by Gasteiger charge is -2.29. The quantitative estimate of drug-likeness (QED) is 0.782. The fraction of sp³-hybridized carbons (Fsp3) is 0.263. The van der Waals surface area contributed by atoms with E-state index in [4.69, 9.17) is 4.74 Å². The van der Waals surface area contributed by atoms with E-state index in [1.54, 1.807) is 18.3 Å². The Kier molecular flexibility index (Phi) is 6.19. The van der Waals surface area contributed by atoms with Crippen LogP contribution in [-0.4, -0.2) is 37.2 Å². The predicted molar refractivity (Wildman–Crippen MR) is 102 cm³/mol. The van der Waals surface area contributed by atoms with Crippen molar-refractivity contribution < 1.29 is 9.53 Å². The first-order chi connectivity index (χ1) is 12.2. The minimum Gasteiger partial charge on any atom is -0.378 e. The maximum absolute atomic E-state index is 12.1. The number of amides is 1. The number of morpholine rings is 1. The molecule has 1 aliphatic rings. The number of anilines is 1. The number of ether oxygens (including phenoxy) is 1. The molecule has 1 saturated heterocycles. The summed E-state index contributed by atoms with van der Waals surface area (Å²) in [6.45, 7) is 3.50. The molecule has 130 valence electrons. The van der Waals surface area contributed by atoms with Gasteiger partial charge in [0.05, 0.1) is 13.2 Å². The third kappa shape index (κ3) is 5.14. The number of nitrogens with one attached hydrogen (secondary N) is 1. The Labute approximate surface area is 155 Å². The van der Waals surface area contributed by atoms with Crippen LogP contribution in [0.3, 0.4) is 0 Å². The molecule has 0 saturated carbocycles. The van der Waals surface area contributed by atoms with E-state index in [0.29, 0.717) is 19.8 Å². The van der Waals surface area contributed by atoms with Gasteiger partial charge in [-0.2, -0.15) is 0 Å². The zero-order valence-electron chi connectivity index (χ0n) is 13.8. The van der Waals surface area contributed by atoms with E-state index in [1.165, 1.54) is 0 Å². The standard InChI is InChI=1S/C19H20BrN3O2/c20-17-6-3-15(4-7-17)5-8-18(24)22-14-16-2-1-9-21-19(16)23-10-12-25-13-11-23/h1-9H,10-14H2,(H,22,24). The molecule has 1 aromatic carbocycles. The SMILES string of the molecule is O=C(C=Cc1ccc(Br)cc1)NCc1cccnc1N1CCOCC1. The van der Waals surface area contributed by atoms with E-state index in [1.807, 2.05) is 36.4 Å². The molecule has 2 aromatic rings. The number of hydrogen-bond acceptors (Lipinski definition) is 4. The largest absolute Gasteiger partial charge is 0.378 e. The summed E-state index contributed by atoms with van der Waals surface area (Å²) in [7, 11) is 0. The van der Waals surface area contributed by atoms with Gasteiger partial charge in [-0.05, 0) is 29.8 Å². The highest BCUT2D eigenvalue weighted by molar-refractivity contribution is 9.10. The summed E-state index contributed by atoms with van der Waals surface area (Å²) >= 11 is 3.39. The van der Waals surface area contributed by atoms with E-state index < -0.39 is 0 Å². The molecule has 0 spiro atoms. The van der Waals surface area contributed by atoms with Crippen LogP contribution in [0.5, 0.6) is 0 Å². The van der Waals surface area contributed by atoms with Gasteiger partial charge in [-0.1, -0.05) is 34.1 Å². The van der Waals surface area contributed by atoms with Crippen LogP contribution in [-0.2, 0) is 16.1 Å². The van der Waals surface area contributed by atoms with Gasteiger partial charge in [-0.15, -0.1) is 0 Å². The van der Waals surface area contributed by atoms with Crippen LogP contribution in [0.15, 0.2) is 53.1 Å². The number of aromatic nitrogens is 1. The normalized spacial score (nSPS) is 14.7. The lowest BCUT2D eigenvalue weighted by molar-refractivity contribution is -0.116. The minimum absolute atomic E-state index is 0.125. The van der Waals surface area contributed by atoms with Gasteiger partial charge in [0.1, 0.15) is 5.82 Å². The maximum Gasteiger partial charge on any atom is 0.244 e. The average Bonchev–Trinajstić information content (AvgIpc) is 2.67. The van der Waals surface area contributed by atoms with Crippen LogP contribution in [0.4, 0.5) is 5.82 Å². The van der Waals surface area contributed by atoms with Gasteiger partial charge in [0.2, 0.25) is 5.91 Å². The maximum atomic E-state index is 12.1. The molecular weight excluding hydrogens is 382 g/mol. The molecule has 2 heterocycles. The van der Waals surface area contributed by atoms with Crippen LogP contribution in [0.1, 0.15) is 11.1 Å². The van der Waals surface area contributed by atoms with E-state index in [0.717, 1.165) is 34.5 Å². The Morgan fingerprint density at radius 2 is 2.00 bits per heavy atom. The Balaban J connectivity index is 1.59. The Morgan fingerprint density at radius 3 is 2.76 bits per heavy atom. The van der Waals surface area contributed by atoms with Crippen molar-refractivity contribution in [2.45, 2.75) is 6.54 Å². The Morgan fingerprint density at radius 1 is 1.24 bits per heavy atom. The van der Waals surface area contributed by atoms with Crippen molar-refractivity contribution in [1.29, 1.82) is 0 Å². The highest BCUT2D eigenvalue weighted by Gasteiger charge is 2.15. The molecule has 0 bridgehead atoms. The number of pyridine rings is 1. The first kappa shape index (κ1) is 17.6. The second-order valence-electron chi connectivity index (χ2n) is 5.69. The van der Waals surface area contributed by atoms with Gasteiger partial charge in [-0.25, -0.2) is 4.98 Å². The van der Waals surface area contributed by atoms with Crippen molar-refractivity contribution in [2.75, 3.05) is 31.2 Å². The fourth-order valence-corrected chi connectivity index (χ4v) is 2.88. The second-order valence-corrected chi connectivity index (χ2v) is 6.60. The van der Waals surface area contributed by atoms with Crippen molar-refractivity contribution in [3.05, 3.63) is 64.3 Å². The molecule has 1 amide bonds. The number of nitrogens with zero attached hydrogens (tertiary/aromatic N) is 2. The third-order valence-electron chi connectivity index (χ3n) is 3.93. The number of benzene rings is 1. The molecule has 1 N–H and O–H groups in total. The molecule has 6 heteroatoms. The monoisotopic (exact) mass is 401 g/mol.